The molecule has 0 heterocycles. The Kier molecular flexibility index (Phi) is 5.87. The molecular weight excluding hydrogens is 249 g/mol. The molecule has 2 unspecified atom stereocenters. The van der Waals surface area contributed by atoms with E-state index in [1.807, 2.05) is 0 Å². The first kappa shape index (κ1) is 15.2. The average Bonchev–Trinajstić information content (AvgIpc) is 2.26. The number of amides is 1. The lowest BCUT2D eigenvalue weighted by atomic mass is 9.85. The fourth-order valence-electron chi connectivity index (χ4n) is 2.05. The molecule has 7 heteroatoms. The van der Waals surface area contributed by atoms with E-state index in [4.69, 9.17) is 5.73 Å². The largest absolute Gasteiger partial charge is 0.411 e. The normalized spacial score (nSPS) is 24.9. The topological polar surface area (TPSA) is 64.3 Å². The van der Waals surface area contributed by atoms with Crippen molar-refractivity contribution >= 4 is 5.91 Å². The van der Waals surface area contributed by atoms with Gasteiger partial charge in [0.2, 0.25) is 5.91 Å². The molecular formula is C11H19F3N2O2. The summed E-state index contributed by atoms with van der Waals surface area (Å²) >= 11 is 0. The maximum Gasteiger partial charge on any atom is 0.411 e. The summed E-state index contributed by atoms with van der Waals surface area (Å²) in [5.74, 6) is -0.317. The Hall–Kier alpha value is -0.820. The summed E-state index contributed by atoms with van der Waals surface area (Å²) < 4.78 is 39.5. The highest BCUT2D eigenvalue weighted by molar-refractivity contribution is 5.77. The van der Waals surface area contributed by atoms with E-state index in [-0.39, 0.29) is 12.0 Å². The van der Waals surface area contributed by atoms with Gasteiger partial charge in [0, 0.05) is 12.6 Å². The van der Waals surface area contributed by atoms with E-state index in [9.17, 15) is 18.0 Å². The Morgan fingerprint density at radius 3 is 2.61 bits per heavy atom. The highest BCUT2D eigenvalue weighted by Crippen LogP contribution is 2.22. The summed E-state index contributed by atoms with van der Waals surface area (Å²) in [4.78, 5) is 11.2. The molecule has 1 saturated carbocycles. The predicted octanol–water partition coefficient (Wildman–Crippen LogP) is 1.20. The maximum absolute atomic E-state index is 11.8. The van der Waals surface area contributed by atoms with E-state index in [0.29, 0.717) is 6.54 Å². The zero-order chi connectivity index (χ0) is 13.6. The van der Waals surface area contributed by atoms with Gasteiger partial charge in [-0.1, -0.05) is 12.8 Å². The molecule has 3 N–H and O–H groups in total. The summed E-state index contributed by atoms with van der Waals surface area (Å²) in [6.07, 6.45) is -0.332. The molecule has 2 atom stereocenters. The number of ether oxygens (including phenoxy) is 1. The van der Waals surface area contributed by atoms with E-state index >= 15 is 0 Å². The summed E-state index contributed by atoms with van der Waals surface area (Å²) in [7, 11) is 0. The fourth-order valence-corrected chi connectivity index (χ4v) is 2.05. The highest BCUT2D eigenvalue weighted by Gasteiger charge is 2.28. The highest BCUT2D eigenvalue weighted by atomic mass is 19.4. The van der Waals surface area contributed by atoms with Gasteiger partial charge < -0.3 is 15.8 Å². The molecule has 1 aliphatic rings. The molecule has 0 aromatic heterocycles. The van der Waals surface area contributed by atoms with Crippen molar-refractivity contribution in [3.8, 4) is 0 Å². The number of carbonyl (C=O) groups is 1. The van der Waals surface area contributed by atoms with E-state index < -0.39 is 25.3 Å². The van der Waals surface area contributed by atoms with Crippen LogP contribution >= 0.6 is 0 Å². The second kappa shape index (κ2) is 6.94. The molecule has 0 aliphatic heterocycles. The summed E-state index contributed by atoms with van der Waals surface area (Å²) in [5.41, 5.74) is 5.89. The fraction of sp³-hybridized carbons (Fsp3) is 0.909. The number of halogens is 3. The molecule has 0 saturated heterocycles. The molecule has 0 aromatic carbocycles. The van der Waals surface area contributed by atoms with Crippen LogP contribution in [0.15, 0.2) is 0 Å². The summed E-state index contributed by atoms with van der Waals surface area (Å²) in [5, 5.41) is 2.56. The van der Waals surface area contributed by atoms with Gasteiger partial charge in [0.25, 0.3) is 0 Å². The molecule has 0 radical (unpaired) electrons. The Morgan fingerprint density at radius 1 is 1.33 bits per heavy atom. The predicted molar refractivity (Wildman–Crippen MR) is 59.8 cm³/mol. The van der Waals surface area contributed by atoms with Gasteiger partial charge in [-0.05, 0) is 18.8 Å². The number of nitrogens with one attached hydrogen (secondary N) is 1. The van der Waals surface area contributed by atoms with Gasteiger partial charge in [0.15, 0.2) is 0 Å². The van der Waals surface area contributed by atoms with Crippen LogP contribution in [0.4, 0.5) is 13.2 Å². The van der Waals surface area contributed by atoms with Crippen LogP contribution in [-0.2, 0) is 9.53 Å². The van der Waals surface area contributed by atoms with Gasteiger partial charge in [-0.25, -0.2) is 0 Å². The number of carbonyl (C=O) groups excluding carboxylic acids is 1. The van der Waals surface area contributed by atoms with Crippen LogP contribution in [-0.4, -0.2) is 37.9 Å². The molecule has 1 amide bonds. The second-order valence-electron chi connectivity index (χ2n) is 4.62. The number of hydrogen-bond acceptors (Lipinski definition) is 3. The van der Waals surface area contributed by atoms with Crippen LogP contribution in [0.5, 0.6) is 0 Å². The lowest BCUT2D eigenvalue weighted by Crippen LogP contribution is -2.42. The minimum absolute atomic E-state index is 0.0649. The first-order valence-corrected chi connectivity index (χ1v) is 6.05. The van der Waals surface area contributed by atoms with Crippen LogP contribution in [0, 0.1) is 5.92 Å². The minimum Gasteiger partial charge on any atom is -0.362 e. The molecule has 0 spiro atoms. The van der Waals surface area contributed by atoms with Crippen molar-refractivity contribution in [3.05, 3.63) is 0 Å². The smallest absolute Gasteiger partial charge is 0.362 e. The van der Waals surface area contributed by atoms with Crippen LogP contribution in [0.25, 0.3) is 0 Å². The third-order valence-electron chi connectivity index (χ3n) is 3.03. The molecule has 1 rings (SSSR count). The number of alkyl halides is 3. The monoisotopic (exact) mass is 268 g/mol. The van der Waals surface area contributed by atoms with E-state index in [2.05, 4.69) is 10.1 Å². The van der Waals surface area contributed by atoms with E-state index in [1.54, 1.807) is 0 Å². The van der Waals surface area contributed by atoms with Crippen molar-refractivity contribution in [2.24, 2.45) is 11.7 Å². The molecule has 106 valence electrons. The molecule has 0 bridgehead atoms. The van der Waals surface area contributed by atoms with Gasteiger partial charge in [-0.15, -0.1) is 0 Å². The third kappa shape index (κ3) is 6.20. The van der Waals surface area contributed by atoms with Gasteiger partial charge >= 0.3 is 6.18 Å². The molecule has 4 nitrogen and oxygen atoms in total. The Balaban J connectivity index is 2.13. The minimum atomic E-state index is -4.40. The van der Waals surface area contributed by atoms with Crippen molar-refractivity contribution < 1.29 is 22.7 Å². The summed E-state index contributed by atoms with van der Waals surface area (Å²) in [6.45, 7) is -1.56. The van der Waals surface area contributed by atoms with Gasteiger partial charge in [0.05, 0.1) is 0 Å². The number of hydrogen-bond donors (Lipinski definition) is 2. The quantitative estimate of drug-likeness (QED) is 0.787. The third-order valence-corrected chi connectivity index (χ3v) is 3.03. The maximum atomic E-state index is 11.8. The van der Waals surface area contributed by atoms with Crippen LogP contribution in [0.1, 0.15) is 25.7 Å². The first-order chi connectivity index (χ1) is 8.38. The van der Waals surface area contributed by atoms with Crippen molar-refractivity contribution in [2.75, 3.05) is 19.8 Å². The van der Waals surface area contributed by atoms with Crippen molar-refractivity contribution in [2.45, 2.75) is 37.9 Å². The first-order valence-electron chi connectivity index (χ1n) is 6.05. The second-order valence-corrected chi connectivity index (χ2v) is 4.62. The standard InChI is InChI=1S/C11H19F3N2O2/c12-11(13,14)7-18-6-10(17)16-5-8-3-1-2-4-9(8)15/h8-9H,1-7,15H2,(H,16,17). The summed E-state index contributed by atoms with van der Waals surface area (Å²) in [6, 6.07) is 0.0649. The molecule has 1 aliphatic carbocycles. The van der Waals surface area contributed by atoms with Gasteiger partial charge in [-0.2, -0.15) is 13.2 Å². The lowest BCUT2D eigenvalue weighted by Gasteiger charge is -2.28. The van der Waals surface area contributed by atoms with Crippen molar-refractivity contribution in [1.29, 1.82) is 0 Å². The molecule has 1 fully saturated rings. The number of rotatable bonds is 5. The molecule has 18 heavy (non-hydrogen) atoms. The van der Waals surface area contributed by atoms with Crippen LogP contribution in [0.3, 0.4) is 0 Å². The number of nitrogens with two attached hydrogens (primary N) is 1. The van der Waals surface area contributed by atoms with E-state index in [1.165, 1.54) is 0 Å². The lowest BCUT2D eigenvalue weighted by molar-refractivity contribution is -0.175. The zero-order valence-corrected chi connectivity index (χ0v) is 10.1. The Bertz CT molecular complexity index is 272. The van der Waals surface area contributed by atoms with Crippen molar-refractivity contribution in [1.82, 2.24) is 5.32 Å². The van der Waals surface area contributed by atoms with Crippen LogP contribution < -0.4 is 11.1 Å². The Morgan fingerprint density at radius 2 is 2.00 bits per heavy atom. The average molecular weight is 268 g/mol. The Labute approximate surface area is 104 Å². The van der Waals surface area contributed by atoms with E-state index in [0.717, 1.165) is 25.7 Å². The molecule has 0 aromatic rings. The van der Waals surface area contributed by atoms with Crippen molar-refractivity contribution in [3.63, 3.8) is 0 Å². The van der Waals surface area contributed by atoms with Crippen LogP contribution in [0.2, 0.25) is 0 Å². The van der Waals surface area contributed by atoms with Gasteiger partial charge in [-0.3, -0.25) is 4.79 Å². The van der Waals surface area contributed by atoms with Gasteiger partial charge in [0.1, 0.15) is 13.2 Å². The zero-order valence-electron chi connectivity index (χ0n) is 10.1. The SMILES string of the molecule is NC1CCCCC1CNC(=O)COCC(F)(F)F.